The summed E-state index contributed by atoms with van der Waals surface area (Å²) in [6, 6.07) is 6.50. The Hall–Kier alpha value is -2.54. The van der Waals surface area contributed by atoms with Crippen molar-refractivity contribution in [2.24, 2.45) is 5.41 Å². The maximum Gasteiger partial charge on any atom is 0.253 e. The Morgan fingerprint density at radius 3 is 2.57 bits per heavy atom. The standard InChI is InChI=1S/C28H38N6O/c1-19-15-20(2)22-17-23(27(35)29-24(22)16-19)25(26-30-31-32-34(26)21-9-4-5-10-21)33-14-8-13-28(18-33)11-6-3-7-12-28/h15-17,21,25H,3-14,18H2,1-2H3,(H,29,35)/t25-/m0/s1. The molecule has 1 spiro atoms. The number of aromatic nitrogens is 5. The van der Waals surface area contributed by atoms with Gasteiger partial charge in [0.1, 0.15) is 6.04 Å². The van der Waals surface area contributed by atoms with Crippen molar-refractivity contribution in [3.05, 3.63) is 51.1 Å². The van der Waals surface area contributed by atoms with Gasteiger partial charge in [0.25, 0.3) is 5.56 Å². The molecule has 1 atom stereocenters. The minimum atomic E-state index is -0.224. The second-order valence-corrected chi connectivity index (χ2v) is 11.6. The number of aryl methyl sites for hydroxylation is 2. The molecule has 0 unspecified atom stereocenters. The van der Waals surface area contributed by atoms with Gasteiger partial charge in [0.2, 0.25) is 0 Å². The van der Waals surface area contributed by atoms with Crippen LogP contribution in [0.4, 0.5) is 0 Å². The van der Waals surface area contributed by atoms with Gasteiger partial charge in [-0.2, -0.15) is 0 Å². The zero-order valence-electron chi connectivity index (χ0n) is 21.2. The van der Waals surface area contributed by atoms with Crippen molar-refractivity contribution in [1.29, 1.82) is 0 Å². The first-order chi connectivity index (χ1) is 17.0. The lowest BCUT2D eigenvalue weighted by Gasteiger charge is -2.47. The van der Waals surface area contributed by atoms with Crippen molar-refractivity contribution in [2.75, 3.05) is 13.1 Å². The summed E-state index contributed by atoms with van der Waals surface area (Å²) >= 11 is 0. The molecule has 0 radical (unpaired) electrons. The number of rotatable bonds is 4. The summed E-state index contributed by atoms with van der Waals surface area (Å²) in [6.45, 7) is 6.22. The van der Waals surface area contributed by atoms with Crippen LogP contribution in [0, 0.1) is 19.3 Å². The van der Waals surface area contributed by atoms with E-state index in [0.29, 0.717) is 11.5 Å². The smallest absolute Gasteiger partial charge is 0.253 e. The lowest BCUT2D eigenvalue weighted by atomic mass is 9.69. The number of likely N-dealkylation sites (tertiary alicyclic amines) is 1. The number of nitrogens with one attached hydrogen (secondary N) is 1. The number of benzene rings is 1. The maximum atomic E-state index is 13.7. The van der Waals surface area contributed by atoms with Crippen molar-refractivity contribution in [3.8, 4) is 0 Å². The number of pyridine rings is 1. The highest BCUT2D eigenvalue weighted by Crippen LogP contribution is 2.46. The zero-order chi connectivity index (χ0) is 24.0. The van der Waals surface area contributed by atoms with Gasteiger partial charge in [0.15, 0.2) is 5.82 Å². The van der Waals surface area contributed by atoms with E-state index >= 15 is 0 Å². The monoisotopic (exact) mass is 474 g/mol. The van der Waals surface area contributed by atoms with Crippen molar-refractivity contribution >= 4 is 10.9 Å². The Labute approximate surface area is 207 Å². The Morgan fingerprint density at radius 1 is 1.00 bits per heavy atom. The summed E-state index contributed by atoms with van der Waals surface area (Å²) in [5.74, 6) is 0.847. The van der Waals surface area contributed by atoms with Gasteiger partial charge in [0, 0.05) is 23.0 Å². The lowest BCUT2D eigenvalue weighted by Crippen LogP contribution is -2.47. The maximum absolute atomic E-state index is 13.7. The number of nitrogens with zero attached hydrogens (tertiary/aromatic N) is 5. The molecule has 1 saturated heterocycles. The normalized spacial score (nSPS) is 22.2. The van der Waals surface area contributed by atoms with E-state index in [4.69, 9.17) is 0 Å². The van der Waals surface area contributed by atoms with Crippen molar-refractivity contribution in [3.63, 3.8) is 0 Å². The fourth-order valence-corrected chi connectivity index (χ4v) is 7.36. The number of H-pyrrole nitrogens is 1. The molecule has 2 saturated carbocycles. The van der Waals surface area contributed by atoms with Gasteiger partial charge < -0.3 is 4.98 Å². The molecule has 2 aliphatic carbocycles. The highest BCUT2D eigenvalue weighted by molar-refractivity contribution is 5.83. The molecule has 3 aliphatic rings. The van der Waals surface area contributed by atoms with Gasteiger partial charge in [-0.25, -0.2) is 4.68 Å². The van der Waals surface area contributed by atoms with E-state index < -0.39 is 0 Å². The van der Waals surface area contributed by atoms with Crippen LogP contribution < -0.4 is 5.56 Å². The third-order valence-corrected chi connectivity index (χ3v) is 9.04. The van der Waals surface area contributed by atoms with E-state index in [2.05, 4.69) is 62.1 Å². The number of hydrogen-bond donors (Lipinski definition) is 1. The van der Waals surface area contributed by atoms with Gasteiger partial charge in [-0.1, -0.05) is 38.2 Å². The Morgan fingerprint density at radius 2 is 1.77 bits per heavy atom. The van der Waals surface area contributed by atoms with E-state index in [1.165, 1.54) is 63.4 Å². The fourth-order valence-electron chi connectivity index (χ4n) is 7.36. The lowest BCUT2D eigenvalue weighted by molar-refractivity contribution is 0.0335. The second-order valence-electron chi connectivity index (χ2n) is 11.6. The van der Waals surface area contributed by atoms with Crippen LogP contribution in [0.1, 0.15) is 105 Å². The van der Waals surface area contributed by atoms with E-state index in [1.807, 2.05) is 0 Å². The van der Waals surface area contributed by atoms with Crippen molar-refractivity contribution < 1.29 is 0 Å². The van der Waals surface area contributed by atoms with Crippen LogP contribution in [0.3, 0.4) is 0 Å². The molecule has 0 amide bonds. The summed E-state index contributed by atoms with van der Waals surface area (Å²) in [5.41, 5.74) is 4.40. The third-order valence-electron chi connectivity index (χ3n) is 9.04. The van der Waals surface area contributed by atoms with E-state index in [1.54, 1.807) is 0 Å². The third kappa shape index (κ3) is 4.22. The minimum Gasteiger partial charge on any atom is -0.322 e. The number of hydrogen-bond acceptors (Lipinski definition) is 5. The molecule has 7 nitrogen and oxygen atoms in total. The molecule has 7 heteroatoms. The quantitative estimate of drug-likeness (QED) is 0.549. The Balaban J connectivity index is 1.49. The Bertz CT molecular complexity index is 1260. The van der Waals surface area contributed by atoms with E-state index in [-0.39, 0.29) is 11.6 Å². The average molecular weight is 475 g/mol. The van der Waals surface area contributed by atoms with E-state index in [9.17, 15) is 4.79 Å². The van der Waals surface area contributed by atoms with Crippen LogP contribution in [0.5, 0.6) is 0 Å². The topological polar surface area (TPSA) is 79.7 Å². The fraction of sp³-hybridized carbons (Fsp3) is 0.643. The predicted molar refractivity (Wildman–Crippen MR) is 138 cm³/mol. The summed E-state index contributed by atoms with van der Waals surface area (Å²) < 4.78 is 2.06. The molecule has 35 heavy (non-hydrogen) atoms. The molecule has 6 rings (SSSR count). The van der Waals surface area contributed by atoms with Crippen molar-refractivity contribution in [1.82, 2.24) is 30.1 Å². The summed E-state index contributed by atoms with van der Waals surface area (Å²) in [4.78, 5) is 19.4. The number of aromatic amines is 1. The van der Waals surface area contributed by atoms with Gasteiger partial charge in [-0.15, -0.1) is 5.10 Å². The van der Waals surface area contributed by atoms with Gasteiger partial charge in [-0.05, 0) is 98.0 Å². The van der Waals surface area contributed by atoms with Crippen LogP contribution in [0.2, 0.25) is 0 Å². The van der Waals surface area contributed by atoms with E-state index in [0.717, 1.165) is 53.8 Å². The average Bonchev–Trinajstić information content (AvgIpc) is 3.53. The van der Waals surface area contributed by atoms with Crippen LogP contribution in [0.15, 0.2) is 23.0 Å². The number of fused-ring (bicyclic) bond motifs is 1. The molecular formula is C28H38N6O. The molecule has 1 N–H and O–H groups in total. The second kappa shape index (κ2) is 9.16. The summed E-state index contributed by atoms with van der Waals surface area (Å²) in [5, 5.41) is 14.4. The van der Waals surface area contributed by atoms with Crippen LogP contribution in [-0.4, -0.2) is 43.2 Å². The molecular weight excluding hydrogens is 436 g/mol. The van der Waals surface area contributed by atoms with Crippen LogP contribution in [0.25, 0.3) is 10.9 Å². The first-order valence-corrected chi connectivity index (χ1v) is 13.7. The zero-order valence-corrected chi connectivity index (χ0v) is 21.2. The molecule has 1 aromatic carbocycles. The van der Waals surface area contributed by atoms with Gasteiger partial charge >= 0.3 is 0 Å². The predicted octanol–water partition coefficient (Wildman–Crippen LogP) is 5.38. The molecule has 3 fully saturated rings. The first-order valence-electron chi connectivity index (χ1n) is 13.7. The molecule has 3 heterocycles. The highest BCUT2D eigenvalue weighted by Gasteiger charge is 2.41. The van der Waals surface area contributed by atoms with Gasteiger partial charge in [-0.3, -0.25) is 9.69 Å². The van der Waals surface area contributed by atoms with Crippen LogP contribution >= 0.6 is 0 Å². The number of tetrazole rings is 1. The molecule has 3 aromatic rings. The number of piperidine rings is 1. The molecule has 2 aromatic heterocycles. The van der Waals surface area contributed by atoms with Crippen molar-refractivity contribution in [2.45, 2.75) is 96.6 Å². The largest absolute Gasteiger partial charge is 0.322 e. The molecule has 1 aliphatic heterocycles. The first kappa shape index (κ1) is 22.9. The highest BCUT2D eigenvalue weighted by atomic mass is 16.1. The molecule has 186 valence electrons. The Kier molecular flexibility index (Phi) is 5.99. The minimum absolute atomic E-state index is 0.0169. The summed E-state index contributed by atoms with van der Waals surface area (Å²) in [6.07, 6.45) is 13.7. The summed E-state index contributed by atoms with van der Waals surface area (Å²) in [7, 11) is 0. The van der Waals surface area contributed by atoms with Gasteiger partial charge in [0.05, 0.1) is 6.04 Å². The SMILES string of the molecule is Cc1cc(C)c2cc([C@@H](c3nnnn3C3CCCC3)N3CCCC4(CCCCC4)C3)c(=O)[nH]c2c1. The van der Waals surface area contributed by atoms with Crippen LogP contribution in [-0.2, 0) is 0 Å². The molecule has 0 bridgehead atoms.